The van der Waals surface area contributed by atoms with Crippen LogP contribution in [0, 0.1) is 27.6 Å². The van der Waals surface area contributed by atoms with E-state index >= 15 is 0 Å². The molecule has 1 N–H and O–H groups in total. The summed E-state index contributed by atoms with van der Waals surface area (Å²) in [5.41, 5.74) is 0.536. The molecule has 0 unspecified atom stereocenters. The normalized spacial score (nSPS) is 14.2. The molecular weight excluding hydrogens is 527 g/mol. The fourth-order valence-corrected chi connectivity index (χ4v) is 4.16. The third-order valence-electron chi connectivity index (χ3n) is 5.19. The average Bonchev–Trinajstić information content (AvgIpc) is 3.15. The van der Waals surface area contributed by atoms with Crippen molar-refractivity contribution < 1.29 is 37.2 Å². The lowest BCUT2D eigenvalue weighted by Gasteiger charge is -2.13. The van der Waals surface area contributed by atoms with Crippen LogP contribution in [0.1, 0.15) is 11.1 Å². The summed E-state index contributed by atoms with van der Waals surface area (Å²) >= 11 is 0.591. The first kappa shape index (κ1) is 26.4. The van der Waals surface area contributed by atoms with Crippen LogP contribution in [-0.2, 0) is 16.2 Å². The van der Waals surface area contributed by atoms with Gasteiger partial charge in [-0.15, -0.1) is 0 Å². The maximum absolute atomic E-state index is 13.8. The van der Waals surface area contributed by atoms with Crippen molar-refractivity contribution in [2.24, 2.45) is 0 Å². The van der Waals surface area contributed by atoms with Gasteiger partial charge in [-0.25, -0.2) is 13.2 Å². The van der Waals surface area contributed by atoms with Crippen molar-refractivity contribution in [3.8, 4) is 5.75 Å². The zero-order valence-corrected chi connectivity index (χ0v) is 20.0. The van der Waals surface area contributed by atoms with Crippen molar-refractivity contribution in [1.82, 2.24) is 4.90 Å². The highest BCUT2D eigenvalue weighted by Gasteiger charge is 2.36. The van der Waals surface area contributed by atoms with Gasteiger partial charge in [0.1, 0.15) is 18.9 Å². The first-order chi connectivity index (χ1) is 18.1. The Morgan fingerprint density at radius 2 is 1.79 bits per heavy atom. The van der Waals surface area contributed by atoms with Crippen LogP contribution < -0.4 is 10.1 Å². The van der Waals surface area contributed by atoms with E-state index in [0.29, 0.717) is 39.6 Å². The predicted octanol–water partition coefficient (Wildman–Crippen LogP) is 5.27. The number of ether oxygens (including phenoxy) is 1. The summed E-state index contributed by atoms with van der Waals surface area (Å²) in [6.07, 6.45) is 1.43. The lowest BCUT2D eigenvalue weighted by Crippen LogP contribution is -2.36. The molecule has 0 radical (unpaired) electrons. The van der Waals surface area contributed by atoms with Crippen molar-refractivity contribution in [3.05, 3.63) is 104 Å². The van der Waals surface area contributed by atoms with Gasteiger partial charge in [0.05, 0.1) is 15.5 Å². The number of rotatable bonds is 8. The smallest absolute Gasteiger partial charge is 0.294 e. The van der Waals surface area contributed by atoms with E-state index in [1.54, 1.807) is 36.4 Å². The highest BCUT2D eigenvalue weighted by molar-refractivity contribution is 8.18. The summed E-state index contributed by atoms with van der Waals surface area (Å²) in [7, 11) is 0. The number of amides is 3. The molecule has 0 spiro atoms. The van der Waals surface area contributed by atoms with Crippen LogP contribution in [0.15, 0.2) is 65.6 Å². The number of hydrogen-bond donors (Lipinski definition) is 1. The molecule has 3 aromatic carbocycles. The van der Waals surface area contributed by atoms with Crippen LogP contribution in [0.3, 0.4) is 0 Å². The third kappa shape index (κ3) is 6.00. The van der Waals surface area contributed by atoms with Gasteiger partial charge in [-0.1, -0.05) is 12.1 Å². The number of imide groups is 1. The van der Waals surface area contributed by atoms with Gasteiger partial charge in [-0.3, -0.25) is 29.4 Å². The number of nitro benzene ring substituents is 1. The van der Waals surface area contributed by atoms with Gasteiger partial charge >= 0.3 is 0 Å². The number of nitrogens with zero attached hydrogens (tertiary/aromatic N) is 2. The Bertz CT molecular complexity index is 1480. The molecule has 4 rings (SSSR count). The van der Waals surface area contributed by atoms with Gasteiger partial charge in [0.15, 0.2) is 17.5 Å². The molecule has 0 aliphatic carbocycles. The molecule has 1 fully saturated rings. The summed E-state index contributed by atoms with van der Waals surface area (Å²) in [6, 6.07) is 13.9. The van der Waals surface area contributed by atoms with E-state index in [-0.39, 0.29) is 17.2 Å². The standard InChI is InChI=1S/C25H16F3N3O6S/c26-18-8-9-19(23(28)22(18)27)29-21(32)12-30-24(33)20(38-25(30)34)11-15-2-1-3-17(10-15)37-13-14-4-6-16(7-5-14)31(35)36/h1-11H,12-13H2,(H,29,32)/b20-11+. The Morgan fingerprint density at radius 1 is 1.05 bits per heavy atom. The second kappa shape index (κ2) is 11.2. The monoisotopic (exact) mass is 543 g/mol. The number of hydrogen-bond acceptors (Lipinski definition) is 7. The van der Waals surface area contributed by atoms with Gasteiger partial charge in [0, 0.05) is 12.1 Å². The molecule has 9 nitrogen and oxygen atoms in total. The molecule has 0 aromatic heterocycles. The van der Waals surface area contributed by atoms with Crippen molar-refractivity contribution in [3.63, 3.8) is 0 Å². The Morgan fingerprint density at radius 3 is 2.50 bits per heavy atom. The summed E-state index contributed by atoms with van der Waals surface area (Å²) in [5.74, 6) is -6.13. The van der Waals surface area contributed by atoms with Crippen LogP contribution in [0.4, 0.5) is 29.3 Å². The van der Waals surface area contributed by atoms with Gasteiger partial charge < -0.3 is 10.1 Å². The zero-order valence-electron chi connectivity index (χ0n) is 19.2. The largest absolute Gasteiger partial charge is 0.489 e. The highest BCUT2D eigenvalue weighted by Crippen LogP contribution is 2.33. The second-order valence-corrected chi connectivity index (χ2v) is 8.82. The van der Waals surface area contributed by atoms with E-state index < -0.39 is 51.7 Å². The van der Waals surface area contributed by atoms with E-state index in [0.717, 1.165) is 6.07 Å². The minimum Gasteiger partial charge on any atom is -0.489 e. The van der Waals surface area contributed by atoms with Gasteiger partial charge in [-0.05, 0) is 65.4 Å². The van der Waals surface area contributed by atoms with E-state index in [2.05, 4.69) is 0 Å². The second-order valence-electron chi connectivity index (χ2n) is 7.82. The lowest BCUT2D eigenvalue weighted by atomic mass is 10.2. The summed E-state index contributed by atoms with van der Waals surface area (Å²) in [4.78, 5) is 48.2. The minimum atomic E-state index is -1.77. The van der Waals surface area contributed by atoms with E-state index in [1.165, 1.54) is 18.2 Å². The number of nitrogens with one attached hydrogen (secondary N) is 1. The highest BCUT2D eigenvalue weighted by atomic mass is 32.2. The lowest BCUT2D eigenvalue weighted by molar-refractivity contribution is -0.384. The zero-order chi connectivity index (χ0) is 27.4. The van der Waals surface area contributed by atoms with E-state index in [9.17, 15) is 37.7 Å². The van der Waals surface area contributed by atoms with Gasteiger partial charge in [-0.2, -0.15) is 0 Å². The van der Waals surface area contributed by atoms with Crippen molar-refractivity contribution >= 4 is 46.3 Å². The van der Waals surface area contributed by atoms with E-state index in [4.69, 9.17) is 4.74 Å². The first-order valence-electron chi connectivity index (χ1n) is 10.8. The molecule has 1 aliphatic heterocycles. The van der Waals surface area contributed by atoms with Crippen LogP contribution in [0.2, 0.25) is 0 Å². The maximum Gasteiger partial charge on any atom is 0.294 e. The summed E-state index contributed by atoms with van der Waals surface area (Å²) < 4.78 is 45.9. The number of carbonyl (C=O) groups excluding carboxylic acids is 3. The summed E-state index contributed by atoms with van der Waals surface area (Å²) in [6.45, 7) is -0.634. The average molecular weight is 543 g/mol. The predicted molar refractivity (Wildman–Crippen MR) is 131 cm³/mol. The molecule has 3 amide bonds. The Hall–Kier alpha value is -4.65. The number of thioether (sulfide) groups is 1. The molecule has 1 aliphatic rings. The van der Waals surface area contributed by atoms with Crippen molar-refractivity contribution in [2.75, 3.05) is 11.9 Å². The Kier molecular flexibility index (Phi) is 7.76. The molecule has 13 heteroatoms. The first-order valence-corrected chi connectivity index (χ1v) is 11.6. The minimum absolute atomic E-state index is 0.0225. The Labute approximate surface area is 217 Å². The number of carbonyl (C=O) groups is 3. The van der Waals surface area contributed by atoms with Crippen LogP contribution in [-0.4, -0.2) is 33.4 Å². The molecule has 194 valence electrons. The molecule has 1 heterocycles. The molecule has 0 atom stereocenters. The number of nitro groups is 1. The molecule has 0 bridgehead atoms. The van der Waals surface area contributed by atoms with Crippen molar-refractivity contribution in [1.29, 1.82) is 0 Å². The molecule has 1 saturated heterocycles. The van der Waals surface area contributed by atoms with Crippen LogP contribution in [0.25, 0.3) is 6.08 Å². The van der Waals surface area contributed by atoms with Crippen molar-refractivity contribution in [2.45, 2.75) is 6.61 Å². The van der Waals surface area contributed by atoms with Crippen LogP contribution >= 0.6 is 11.8 Å². The molecule has 38 heavy (non-hydrogen) atoms. The molecular formula is C25H16F3N3O6S. The number of benzene rings is 3. The van der Waals surface area contributed by atoms with Gasteiger partial charge in [0.2, 0.25) is 5.91 Å². The number of non-ortho nitro benzene ring substituents is 1. The van der Waals surface area contributed by atoms with Crippen LogP contribution in [0.5, 0.6) is 5.75 Å². The maximum atomic E-state index is 13.8. The number of halogens is 3. The topological polar surface area (TPSA) is 119 Å². The fraction of sp³-hybridized carbons (Fsp3) is 0.0800. The third-order valence-corrected chi connectivity index (χ3v) is 6.10. The fourth-order valence-electron chi connectivity index (χ4n) is 3.32. The summed E-state index contributed by atoms with van der Waals surface area (Å²) in [5, 5.41) is 12.0. The quantitative estimate of drug-likeness (QED) is 0.178. The molecule has 3 aromatic rings. The SMILES string of the molecule is O=C(CN1C(=O)S/C(=C/c2cccc(OCc3ccc([N+](=O)[O-])cc3)c2)C1=O)Nc1ccc(F)c(F)c1F. The molecule has 0 saturated carbocycles. The Balaban J connectivity index is 1.39. The van der Waals surface area contributed by atoms with Gasteiger partial charge in [0.25, 0.3) is 16.8 Å². The number of anilines is 1. The van der Waals surface area contributed by atoms with E-state index in [1.807, 2.05) is 5.32 Å².